The lowest BCUT2D eigenvalue weighted by molar-refractivity contribution is 0.823. The molecule has 0 atom stereocenters. The van der Waals surface area contributed by atoms with Crippen molar-refractivity contribution in [1.29, 1.82) is 5.26 Å². The van der Waals surface area contributed by atoms with E-state index in [-0.39, 0.29) is 0 Å². The summed E-state index contributed by atoms with van der Waals surface area (Å²) in [6, 6.07) is 8.03. The number of nitriles is 1. The molecule has 0 saturated carbocycles. The first-order chi connectivity index (χ1) is 7.72. The van der Waals surface area contributed by atoms with Crippen molar-refractivity contribution in [1.82, 2.24) is 0 Å². The van der Waals surface area contributed by atoms with Crippen LogP contribution in [0.2, 0.25) is 5.02 Å². The molecule has 0 N–H and O–H groups in total. The molecule has 1 aromatic rings. The molecule has 0 spiro atoms. The molecular weight excluding hydrogens is 288 g/mol. The highest BCUT2D eigenvalue weighted by molar-refractivity contribution is 9.08. The number of halogens is 2. The highest BCUT2D eigenvalue weighted by Gasteiger charge is 2.09. The van der Waals surface area contributed by atoms with E-state index in [2.05, 4.69) is 33.8 Å². The van der Waals surface area contributed by atoms with Crippen molar-refractivity contribution in [2.75, 3.05) is 18.0 Å². The van der Waals surface area contributed by atoms with E-state index in [0.29, 0.717) is 6.42 Å². The first kappa shape index (κ1) is 13.3. The number of hydrogen-bond donors (Lipinski definition) is 0. The van der Waals surface area contributed by atoms with E-state index in [1.54, 1.807) is 0 Å². The molecule has 0 fully saturated rings. The SMILES string of the molecule is CCN(CCC#N)c1cc(Cl)ccc1CBr. The molecule has 1 aromatic carbocycles. The Bertz CT molecular complexity index is 387. The number of alkyl halides is 1. The second-order valence-electron chi connectivity index (χ2n) is 3.39. The summed E-state index contributed by atoms with van der Waals surface area (Å²) in [6.07, 6.45) is 0.530. The number of nitrogens with zero attached hydrogens (tertiary/aromatic N) is 2. The van der Waals surface area contributed by atoms with Gasteiger partial charge in [0.05, 0.1) is 12.5 Å². The fourth-order valence-corrected chi connectivity index (χ4v) is 2.22. The van der Waals surface area contributed by atoms with E-state index < -0.39 is 0 Å². The van der Waals surface area contributed by atoms with E-state index in [4.69, 9.17) is 16.9 Å². The molecule has 0 saturated heterocycles. The van der Waals surface area contributed by atoms with Crippen LogP contribution in [0, 0.1) is 11.3 Å². The summed E-state index contributed by atoms with van der Waals surface area (Å²) in [7, 11) is 0. The van der Waals surface area contributed by atoms with Gasteiger partial charge >= 0.3 is 0 Å². The fourth-order valence-electron chi connectivity index (χ4n) is 1.58. The van der Waals surface area contributed by atoms with Gasteiger partial charge in [-0.3, -0.25) is 0 Å². The van der Waals surface area contributed by atoms with Gasteiger partial charge < -0.3 is 4.90 Å². The van der Waals surface area contributed by atoms with Crippen LogP contribution in [0.3, 0.4) is 0 Å². The van der Waals surface area contributed by atoms with Gasteiger partial charge in [-0.15, -0.1) is 0 Å². The Morgan fingerprint density at radius 3 is 2.81 bits per heavy atom. The number of benzene rings is 1. The van der Waals surface area contributed by atoms with Crippen molar-refractivity contribution in [3.63, 3.8) is 0 Å². The van der Waals surface area contributed by atoms with Crippen LogP contribution in [0.1, 0.15) is 18.9 Å². The van der Waals surface area contributed by atoms with E-state index in [9.17, 15) is 0 Å². The Hall–Kier alpha value is -0.720. The smallest absolute Gasteiger partial charge is 0.0640 e. The quantitative estimate of drug-likeness (QED) is 0.769. The number of hydrogen-bond acceptors (Lipinski definition) is 2. The van der Waals surface area contributed by atoms with Gasteiger partial charge in [0.25, 0.3) is 0 Å². The Balaban J connectivity index is 2.98. The minimum Gasteiger partial charge on any atom is -0.370 e. The van der Waals surface area contributed by atoms with Gasteiger partial charge in [-0.25, -0.2) is 0 Å². The van der Waals surface area contributed by atoms with E-state index in [1.807, 2.05) is 18.2 Å². The van der Waals surface area contributed by atoms with Gasteiger partial charge in [-0.1, -0.05) is 33.6 Å². The van der Waals surface area contributed by atoms with Crippen molar-refractivity contribution < 1.29 is 0 Å². The molecular formula is C12H14BrClN2. The molecule has 0 aliphatic heterocycles. The molecule has 0 aliphatic carbocycles. The normalized spacial score (nSPS) is 9.88. The predicted molar refractivity (Wildman–Crippen MR) is 72.2 cm³/mol. The molecule has 1 rings (SSSR count). The van der Waals surface area contributed by atoms with E-state index in [0.717, 1.165) is 29.1 Å². The maximum atomic E-state index is 8.63. The summed E-state index contributed by atoms with van der Waals surface area (Å²) in [5.41, 5.74) is 2.31. The first-order valence-electron chi connectivity index (χ1n) is 5.19. The Labute approximate surface area is 110 Å². The Morgan fingerprint density at radius 1 is 1.50 bits per heavy atom. The summed E-state index contributed by atoms with van der Waals surface area (Å²) in [5.74, 6) is 0. The van der Waals surface area contributed by atoms with E-state index >= 15 is 0 Å². The van der Waals surface area contributed by atoms with Gasteiger partial charge in [0, 0.05) is 29.1 Å². The maximum Gasteiger partial charge on any atom is 0.0640 e. The molecule has 0 heterocycles. The monoisotopic (exact) mass is 300 g/mol. The van der Waals surface area contributed by atoms with Crippen molar-refractivity contribution in [2.45, 2.75) is 18.7 Å². The third-order valence-corrected chi connectivity index (χ3v) is 3.25. The summed E-state index contributed by atoms with van der Waals surface area (Å²) >= 11 is 9.47. The van der Waals surface area contributed by atoms with Crippen LogP contribution in [0.15, 0.2) is 18.2 Å². The second-order valence-corrected chi connectivity index (χ2v) is 4.39. The fraction of sp³-hybridized carbons (Fsp3) is 0.417. The zero-order valence-electron chi connectivity index (χ0n) is 9.21. The minimum absolute atomic E-state index is 0.530. The van der Waals surface area contributed by atoms with Crippen molar-refractivity contribution >= 4 is 33.2 Å². The van der Waals surface area contributed by atoms with Crippen LogP contribution in [0.25, 0.3) is 0 Å². The van der Waals surface area contributed by atoms with Gasteiger partial charge in [0.2, 0.25) is 0 Å². The molecule has 0 aromatic heterocycles. The zero-order valence-corrected chi connectivity index (χ0v) is 11.6. The highest BCUT2D eigenvalue weighted by Crippen LogP contribution is 2.26. The van der Waals surface area contributed by atoms with Crippen LogP contribution in [0.5, 0.6) is 0 Å². The molecule has 0 radical (unpaired) electrons. The van der Waals surface area contributed by atoms with Crippen molar-refractivity contribution in [3.8, 4) is 6.07 Å². The molecule has 2 nitrogen and oxygen atoms in total. The standard InChI is InChI=1S/C12H14BrClN2/c1-2-16(7-3-6-15)12-8-11(14)5-4-10(12)9-13/h4-5,8H,2-3,7,9H2,1H3. The van der Waals surface area contributed by atoms with Gasteiger partial charge in [-0.05, 0) is 24.6 Å². The van der Waals surface area contributed by atoms with Crippen LogP contribution in [-0.2, 0) is 5.33 Å². The second kappa shape index (κ2) is 6.78. The van der Waals surface area contributed by atoms with Crippen molar-refractivity contribution in [3.05, 3.63) is 28.8 Å². The molecule has 4 heteroatoms. The molecule has 0 aliphatic rings. The lowest BCUT2D eigenvalue weighted by atomic mass is 10.1. The lowest BCUT2D eigenvalue weighted by Gasteiger charge is -2.24. The average molecular weight is 302 g/mol. The molecule has 0 bridgehead atoms. The molecule has 16 heavy (non-hydrogen) atoms. The Kier molecular flexibility index (Phi) is 5.65. The summed E-state index contributed by atoms with van der Waals surface area (Å²) in [5, 5.41) is 10.2. The molecule has 86 valence electrons. The van der Waals surface area contributed by atoms with Crippen LogP contribution < -0.4 is 4.90 Å². The van der Waals surface area contributed by atoms with Crippen LogP contribution >= 0.6 is 27.5 Å². The first-order valence-corrected chi connectivity index (χ1v) is 6.69. The minimum atomic E-state index is 0.530. The van der Waals surface area contributed by atoms with Crippen molar-refractivity contribution in [2.24, 2.45) is 0 Å². The maximum absolute atomic E-state index is 8.63. The molecule has 0 unspecified atom stereocenters. The number of rotatable bonds is 5. The van der Waals surface area contributed by atoms with Gasteiger partial charge in [0.15, 0.2) is 0 Å². The zero-order chi connectivity index (χ0) is 12.0. The topological polar surface area (TPSA) is 27.0 Å². The summed E-state index contributed by atoms with van der Waals surface area (Å²) in [6.45, 7) is 3.70. The van der Waals surface area contributed by atoms with Crippen LogP contribution in [0.4, 0.5) is 5.69 Å². The largest absolute Gasteiger partial charge is 0.370 e. The third-order valence-electron chi connectivity index (χ3n) is 2.41. The predicted octanol–water partition coefficient (Wildman–Crippen LogP) is 3.97. The average Bonchev–Trinajstić information content (AvgIpc) is 2.30. The lowest BCUT2D eigenvalue weighted by Crippen LogP contribution is -2.24. The van der Waals surface area contributed by atoms with Gasteiger partial charge in [-0.2, -0.15) is 5.26 Å². The van der Waals surface area contributed by atoms with E-state index in [1.165, 1.54) is 5.56 Å². The third kappa shape index (κ3) is 3.40. The number of anilines is 1. The highest BCUT2D eigenvalue weighted by atomic mass is 79.9. The molecule has 0 amide bonds. The Morgan fingerprint density at radius 2 is 2.25 bits per heavy atom. The summed E-state index contributed by atoms with van der Waals surface area (Å²) < 4.78 is 0. The van der Waals surface area contributed by atoms with Crippen LogP contribution in [-0.4, -0.2) is 13.1 Å². The summed E-state index contributed by atoms with van der Waals surface area (Å²) in [4.78, 5) is 2.17. The van der Waals surface area contributed by atoms with Gasteiger partial charge in [0.1, 0.15) is 0 Å².